The summed E-state index contributed by atoms with van der Waals surface area (Å²) in [7, 11) is 0. The number of imidazole rings is 1. The second-order valence-corrected chi connectivity index (χ2v) is 7.26. The molecule has 0 aliphatic rings. The third kappa shape index (κ3) is 3.78. The molecule has 0 aliphatic heterocycles. The van der Waals surface area contributed by atoms with Crippen molar-refractivity contribution in [1.29, 1.82) is 0 Å². The molecule has 0 spiro atoms. The molecule has 0 unspecified atom stereocenters. The predicted octanol–water partition coefficient (Wildman–Crippen LogP) is 4.96. The van der Waals surface area contributed by atoms with Crippen LogP contribution in [0.5, 0.6) is 0 Å². The fourth-order valence-electron chi connectivity index (χ4n) is 3.61. The Morgan fingerprint density at radius 3 is 2.48 bits per heavy atom. The molecular formula is C23H25ClN4O. The van der Waals surface area contributed by atoms with Gasteiger partial charge < -0.3 is 14.7 Å². The van der Waals surface area contributed by atoms with Gasteiger partial charge in [-0.15, -0.1) is 12.4 Å². The molecule has 0 radical (unpaired) electrons. The number of aromatic amines is 1. The molecule has 0 amide bonds. The fourth-order valence-corrected chi connectivity index (χ4v) is 3.61. The van der Waals surface area contributed by atoms with Crippen LogP contribution in [-0.2, 0) is 6.54 Å². The van der Waals surface area contributed by atoms with Gasteiger partial charge in [0.1, 0.15) is 0 Å². The molecule has 0 saturated carbocycles. The molecule has 3 aromatic heterocycles. The summed E-state index contributed by atoms with van der Waals surface area (Å²) in [6.45, 7) is 9.01. The molecule has 2 N–H and O–H groups in total. The Balaban J connectivity index is 0.00000240. The minimum absolute atomic E-state index is 0. The van der Waals surface area contributed by atoms with Crippen molar-refractivity contribution in [3.05, 3.63) is 87.2 Å². The van der Waals surface area contributed by atoms with E-state index in [0.29, 0.717) is 12.1 Å². The standard InChI is InChI=1S/C23H24N4O.ClH/c1-14-7-5-8-15(2)20(14)12-25-21-11-18(19-9-6-10-24-23(19)28)13-27-17(4)16(3)26-22(21)27;/h5-11,13,25H,12H2,1-4H3,(H,24,28);1H. The number of aromatic nitrogens is 3. The number of aryl methyl sites for hydroxylation is 4. The molecule has 4 aromatic rings. The number of fused-ring (bicyclic) bond motifs is 1. The first-order chi connectivity index (χ1) is 13.5. The Hall–Kier alpha value is -3.05. The van der Waals surface area contributed by atoms with Gasteiger partial charge in [-0.25, -0.2) is 4.98 Å². The van der Waals surface area contributed by atoms with Crippen molar-refractivity contribution < 1.29 is 0 Å². The van der Waals surface area contributed by atoms with E-state index in [1.165, 1.54) is 16.7 Å². The highest BCUT2D eigenvalue weighted by Gasteiger charge is 2.14. The van der Waals surface area contributed by atoms with Crippen LogP contribution in [0.2, 0.25) is 0 Å². The quantitative estimate of drug-likeness (QED) is 0.501. The van der Waals surface area contributed by atoms with Crippen LogP contribution in [0.3, 0.4) is 0 Å². The third-order valence-electron chi connectivity index (χ3n) is 5.42. The van der Waals surface area contributed by atoms with E-state index in [9.17, 15) is 4.79 Å². The Kier molecular flexibility index (Phi) is 5.80. The highest BCUT2D eigenvalue weighted by atomic mass is 35.5. The van der Waals surface area contributed by atoms with Crippen molar-refractivity contribution in [3.8, 4) is 11.1 Å². The van der Waals surface area contributed by atoms with E-state index in [2.05, 4.69) is 46.7 Å². The maximum atomic E-state index is 12.3. The highest BCUT2D eigenvalue weighted by Crippen LogP contribution is 2.27. The summed E-state index contributed by atoms with van der Waals surface area (Å²) in [5.74, 6) is 0. The summed E-state index contributed by atoms with van der Waals surface area (Å²) in [6.07, 6.45) is 3.64. The molecule has 150 valence electrons. The number of rotatable bonds is 4. The van der Waals surface area contributed by atoms with Crippen LogP contribution in [0.4, 0.5) is 5.69 Å². The van der Waals surface area contributed by atoms with E-state index in [4.69, 9.17) is 4.98 Å². The summed E-state index contributed by atoms with van der Waals surface area (Å²) in [5.41, 5.74) is 9.04. The lowest BCUT2D eigenvalue weighted by Crippen LogP contribution is -2.09. The van der Waals surface area contributed by atoms with Crippen LogP contribution >= 0.6 is 12.4 Å². The third-order valence-corrected chi connectivity index (χ3v) is 5.42. The second-order valence-electron chi connectivity index (χ2n) is 7.26. The van der Waals surface area contributed by atoms with E-state index in [1.54, 1.807) is 6.20 Å². The summed E-state index contributed by atoms with van der Waals surface area (Å²) in [5, 5.41) is 3.56. The van der Waals surface area contributed by atoms with Crippen molar-refractivity contribution in [3.63, 3.8) is 0 Å². The molecule has 0 aliphatic carbocycles. The summed E-state index contributed by atoms with van der Waals surface area (Å²) >= 11 is 0. The lowest BCUT2D eigenvalue weighted by Gasteiger charge is -2.14. The Morgan fingerprint density at radius 1 is 1.07 bits per heavy atom. The highest BCUT2D eigenvalue weighted by molar-refractivity contribution is 5.85. The molecule has 1 aromatic carbocycles. The average Bonchev–Trinajstić information content (AvgIpc) is 2.96. The van der Waals surface area contributed by atoms with Crippen molar-refractivity contribution in [1.82, 2.24) is 14.4 Å². The van der Waals surface area contributed by atoms with Gasteiger partial charge >= 0.3 is 0 Å². The Bertz CT molecular complexity index is 1220. The normalized spacial score (nSPS) is 10.8. The zero-order chi connectivity index (χ0) is 19.8. The van der Waals surface area contributed by atoms with Crippen LogP contribution in [0, 0.1) is 27.7 Å². The predicted molar refractivity (Wildman–Crippen MR) is 121 cm³/mol. The molecule has 4 rings (SSSR count). The number of hydrogen-bond acceptors (Lipinski definition) is 3. The largest absolute Gasteiger partial charge is 0.378 e. The van der Waals surface area contributed by atoms with Crippen LogP contribution in [0.1, 0.15) is 28.1 Å². The number of pyridine rings is 2. The SMILES string of the molecule is Cc1cccc(C)c1CNc1cc(-c2ccc[nH]c2=O)cn2c(C)c(C)nc12.Cl. The molecule has 5 nitrogen and oxygen atoms in total. The Labute approximate surface area is 176 Å². The average molecular weight is 409 g/mol. The van der Waals surface area contributed by atoms with Gasteiger partial charge in [0.05, 0.1) is 11.4 Å². The van der Waals surface area contributed by atoms with Crippen LogP contribution in [0.15, 0.2) is 53.6 Å². The number of H-pyrrole nitrogens is 1. The number of nitrogens with one attached hydrogen (secondary N) is 2. The smallest absolute Gasteiger partial charge is 0.255 e. The maximum Gasteiger partial charge on any atom is 0.255 e. The number of benzene rings is 1. The fraction of sp³-hybridized carbons (Fsp3) is 0.217. The minimum Gasteiger partial charge on any atom is -0.378 e. The van der Waals surface area contributed by atoms with Gasteiger partial charge in [-0.1, -0.05) is 18.2 Å². The first kappa shape index (κ1) is 20.7. The van der Waals surface area contributed by atoms with Gasteiger partial charge in [0, 0.05) is 35.8 Å². The van der Waals surface area contributed by atoms with Crippen molar-refractivity contribution in [2.45, 2.75) is 34.2 Å². The van der Waals surface area contributed by atoms with Gasteiger partial charge in [0.15, 0.2) is 5.65 Å². The molecule has 0 fully saturated rings. The monoisotopic (exact) mass is 408 g/mol. The molecular weight excluding hydrogens is 384 g/mol. The zero-order valence-electron chi connectivity index (χ0n) is 17.0. The van der Waals surface area contributed by atoms with Crippen LogP contribution < -0.4 is 10.9 Å². The van der Waals surface area contributed by atoms with Gasteiger partial charge in [-0.3, -0.25) is 4.79 Å². The van der Waals surface area contributed by atoms with Gasteiger partial charge in [0.25, 0.3) is 5.56 Å². The van der Waals surface area contributed by atoms with Gasteiger partial charge in [-0.05, 0) is 62.6 Å². The second kappa shape index (κ2) is 8.13. The number of hydrogen-bond donors (Lipinski definition) is 2. The van der Waals surface area contributed by atoms with Gasteiger partial charge in [0.2, 0.25) is 0 Å². The molecule has 0 atom stereocenters. The topological polar surface area (TPSA) is 62.2 Å². The van der Waals surface area contributed by atoms with Crippen molar-refractivity contribution in [2.75, 3.05) is 5.32 Å². The van der Waals surface area contributed by atoms with Crippen molar-refractivity contribution >= 4 is 23.7 Å². The van der Waals surface area contributed by atoms with E-state index in [1.807, 2.05) is 38.2 Å². The summed E-state index contributed by atoms with van der Waals surface area (Å²) < 4.78 is 2.06. The first-order valence-corrected chi connectivity index (χ1v) is 9.42. The zero-order valence-corrected chi connectivity index (χ0v) is 17.9. The van der Waals surface area contributed by atoms with E-state index < -0.39 is 0 Å². The van der Waals surface area contributed by atoms with Gasteiger partial charge in [-0.2, -0.15) is 0 Å². The number of nitrogens with zero attached hydrogens (tertiary/aromatic N) is 2. The molecule has 0 bridgehead atoms. The van der Waals surface area contributed by atoms with Crippen LogP contribution in [0.25, 0.3) is 16.8 Å². The molecule has 0 saturated heterocycles. The van der Waals surface area contributed by atoms with Crippen LogP contribution in [-0.4, -0.2) is 14.4 Å². The Morgan fingerprint density at radius 2 is 1.79 bits per heavy atom. The molecule has 29 heavy (non-hydrogen) atoms. The van der Waals surface area contributed by atoms with Crippen molar-refractivity contribution in [2.24, 2.45) is 0 Å². The van der Waals surface area contributed by atoms with E-state index in [0.717, 1.165) is 28.3 Å². The summed E-state index contributed by atoms with van der Waals surface area (Å²) in [4.78, 5) is 19.8. The molecule has 3 heterocycles. The first-order valence-electron chi connectivity index (χ1n) is 9.42. The minimum atomic E-state index is -0.1000. The number of anilines is 1. The van der Waals surface area contributed by atoms with E-state index >= 15 is 0 Å². The van der Waals surface area contributed by atoms with E-state index in [-0.39, 0.29) is 18.0 Å². The molecule has 6 heteroatoms. The lowest BCUT2D eigenvalue weighted by atomic mass is 10.0. The lowest BCUT2D eigenvalue weighted by molar-refractivity contribution is 1.07. The number of halogens is 1. The maximum absolute atomic E-state index is 12.3. The summed E-state index contributed by atoms with van der Waals surface area (Å²) in [6, 6.07) is 12.0.